The van der Waals surface area contributed by atoms with Gasteiger partial charge in [-0.15, -0.1) is 11.5 Å². The first-order chi connectivity index (χ1) is 5.83. The summed E-state index contributed by atoms with van der Waals surface area (Å²) in [7, 11) is -1.22. The summed E-state index contributed by atoms with van der Waals surface area (Å²) in [5.74, 6) is 3.12. The average molecular weight is 196 g/mol. The lowest BCUT2D eigenvalue weighted by Gasteiger charge is -2.07. The Labute approximate surface area is 82.9 Å². The van der Waals surface area contributed by atoms with Gasteiger partial charge in [0.25, 0.3) is 0 Å². The van der Waals surface area contributed by atoms with E-state index in [1.165, 1.54) is 0 Å². The van der Waals surface area contributed by atoms with E-state index in [2.05, 4.69) is 37.7 Å². The van der Waals surface area contributed by atoms with Crippen LogP contribution in [-0.4, -0.2) is 19.3 Å². The fraction of sp³-hybridized carbons (Fsp3) is 0.636. The van der Waals surface area contributed by atoms with Crippen molar-refractivity contribution in [1.29, 1.82) is 0 Å². The van der Waals surface area contributed by atoms with Crippen molar-refractivity contribution in [2.75, 3.05) is 0 Å². The van der Waals surface area contributed by atoms with Crippen molar-refractivity contribution in [1.82, 2.24) is 0 Å². The van der Waals surface area contributed by atoms with Crippen LogP contribution in [0.3, 0.4) is 0 Å². The van der Waals surface area contributed by atoms with Gasteiger partial charge >= 0.3 is 0 Å². The van der Waals surface area contributed by atoms with E-state index in [1.54, 1.807) is 0 Å². The van der Waals surface area contributed by atoms with E-state index in [-0.39, 0.29) is 6.10 Å². The third-order valence-corrected chi connectivity index (χ3v) is 2.50. The topological polar surface area (TPSA) is 20.2 Å². The third kappa shape index (κ3) is 7.83. The molecule has 0 spiro atoms. The van der Waals surface area contributed by atoms with Crippen LogP contribution in [0.2, 0.25) is 19.6 Å². The minimum absolute atomic E-state index is 0.379. The van der Waals surface area contributed by atoms with Gasteiger partial charge in [-0.3, -0.25) is 0 Å². The van der Waals surface area contributed by atoms with E-state index in [4.69, 9.17) is 0 Å². The molecular formula is C11H20OSi. The van der Waals surface area contributed by atoms with Gasteiger partial charge in [0.05, 0.1) is 6.10 Å². The quantitative estimate of drug-likeness (QED) is 0.418. The molecule has 2 heteroatoms. The Morgan fingerprint density at radius 3 is 2.38 bits per heavy atom. The number of rotatable bonds is 3. The molecule has 0 fully saturated rings. The van der Waals surface area contributed by atoms with Gasteiger partial charge in [-0.05, 0) is 13.3 Å². The SMILES string of the molecule is C=C(C)[C@@H](O)CCC#C[Si](C)(C)C. The second-order valence-electron chi connectivity index (χ2n) is 4.45. The molecule has 0 bridgehead atoms. The lowest BCUT2D eigenvalue weighted by molar-refractivity contribution is 0.203. The molecule has 1 nitrogen and oxygen atoms in total. The van der Waals surface area contributed by atoms with Crippen molar-refractivity contribution in [3.63, 3.8) is 0 Å². The lowest BCUT2D eigenvalue weighted by atomic mass is 10.1. The second kappa shape index (κ2) is 5.26. The maximum absolute atomic E-state index is 9.40. The first kappa shape index (κ1) is 12.5. The molecule has 0 saturated heterocycles. The van der Waals surface area contributed by atoms with Crippen molar-refractivity contribution < 1.29 is 5.11 Å². The van der Waals surface area contributed by atoms with Crippen molar-refractivity contribution in [3.05, 3.63) is 12.2 Å². The van der Waals surface area contributed by atoms with E-state index in [0.717, 1.165) is 12.0 Å². The number of hydrogen-bond donors (Lipinski definition) is 1. The summed E-state index contributed by atoms with van der Waals surface area (Å²) in [6.07, 6.45) is 1.11. The summed E-state index contributed by atoms with van der Waals surface area (Å²) in [5.41, 5.74) is 4.09. The van der Waals surface area contributed by atoms with Crippen molar-refractivity contribution >= 4 is 8.07 Å². The molecule has 1 N–H and O–H groups in total. The van der Waals surface area contributed by atoms with E-state index in [0.29, 0.717) is 6.42 Å². The van der Waals surface area contributed by atoms with Gasteiger partial charge in [0, 0.05) is 6.42 Å². The highest BCUT2D eigenvalue weighted by Crippen LogP contribution is 2.05. The van der Waals surface area contributed by atoms with Crippen LogP contribution in [0.5, 0.6) is 0 Å². The Bertz CT molecular complexity index is 227. The van der Waals surface area contributed by atoms with Gasteiger partial charge < -0.3 is 5.11 Å². The third-order valence-electron chi connectivity index (χ3n) is 1.58. The average Bonchev–Trinajstić information content (AvgIpc) is 1.95. The van der Waals surface area contributed by atoms with Crippen LogP contribution >= 0.6 is 0 Å². The van der Waals surface area contributed by atoms with Gasteiger partial charge in [0.2, 0.25) is 0 Å². The molecule has 0 aromatic rings. The molecule has 0 aromatic carbocycles. The molecule has 13 heavy (non-hydrogen) atoms. The highest BCUT2D eigenvalue weighted by Gasteiger charge is 2.07. The summed E-state index contributed by atoms with van der Waals surface area (Å²) in [5, 5.41) is 9.40. The molecule has 0 aliphatic carbocycles. The minimum Gasteiger partial charge on any atom is -0.389 e. The summed E-state index contributed by atoms with van der Waals surface area (Å²) in [6, 6.07) is 0. The monoisotopic (exact) mass is 196 g/mol. The highest BCUT2D eigenvalue weighted by atomic mass is 28.3. The Morgan fingerprint density at radius 1 is 1.46 bits per heavy atom. The number of aliphatic hydroxyl groups is 1. The molecule has 0 rings (SSSR count). The molecule has 0 amide bonds. The maximum atomic E-state index is 9.40. The van der Waals surface area contributed by atoms with Crippen molar-refractivity contribution in [2.24, 2.45) is 0 Å². The number of aliphatic hydroxyl groups excluding tert-OH is 1. The fourth-order valence-electron chi connectivity index (χ4n) is 0.783. The Morgan fingerprint density at radius 2 is 2.00 bits per heavy atom. The molecule has 0 heterocycles. The molecule has 0 radical (unpaired) electrons. The summed E-state index contributed by atoms with van der Waals surface area (Å²) in [4.78, 5) is 0. The van der Waals surface area contributed by atoms with Crippen LogP contribution < -0.4 is 0 Å². The molecule has 74 valence electrons. The van der Waals surface area contributed by atoms with Gasteiger partial charge in [-0.2, -0.15) is 0 Å². The van der Waals surface area contributed by atoms with Gasteiger partial charge in [-0.25, -0.2) is 0 Å². The number of hydrogen-bond acceptors (Lipinski definition) is 1. The maximum Gasteiger partial charge on any atom is 0.129 e. The molecule has 0 unspecified atom stereocenters. The van der Waals surface area contributed by atoms with Gasteiger partial charge in [-0.1, -0.05) is 31.8 Å². The predicted octanol–water partition coefficient (Wildman–Crippen LogP) is 2.58. The van der Waals surface area contributed by atoms with Crippen LogP contribution in [0.1, 0.15) is 19.8 Å². The molecule has 0 aliphatic rings. The molecular weight excluding hydrogens is 176 g/mol. The van der Waals surface area contributed by atoms with E-state index in [9.17, 15) is 5.11 Å². The Balaban J connectivity index is 3.78. The summed E-state index contributed by atoms with van der Waals surface area (Å²) in [6.45, 7) is 12.2. The molecule has 1 atom stereocenters. The first-order valence-electron chi connectivity index (χ1n) is 4.66. The summed E-state index contributed by atoms with van der Waals surface area (Å²) < 4.78 is 0. The molecule has 0 aromatic heterocycles. The molecule has 0 saturated carbocycles. The minimum atomic E-state index is -1.22. The first-order valence-corrected chi connectivity index (χ1v) is 8.16. The van der Waals surface area contributed by atoms with E-state index < -0.39 is 8.07 Å². The van der Waals surface area contributed by atoms with Gasteiger partial charge in [0.15, 0.2) is 0 Å². The predicted molar refractivity (Wildman–Crippen MR) is 61.2 cm³/mol. The normalized spacial score (nSPS) is 13.0. The van der Waals surface area contributed by atoms with Crippen molar-refractivity contribution in [3.8, 4) is 11.5 Å². The lowest BCUT2D eigenvalue weighted by Crippen LogP contribution is -2.16. The fourth-order valence-corrected chi connectivity index (χ4v) is 1.44. The van der Waals surface area contributed by atoms with E-state index >= 15 is 0 Å². The largest absolute Gasteiger partial charge is 0.389 e. The Kier molecular flexibility index (Phi) is 5.05. The second-order valence-corrected chi connectivity index (χ2v) is 9.20. The van der Waals surface area contributed by atoms with Crippen LogP contribution in [-0.2, 0) is 0 Å². The zero-order chi connectivity index (χ0) is 10.5. The van der Waals surface area contributed by atoms with Crippen LogP contribution in [0, 0.1) is 11.5 Å². The molecule has 0 aliphatic heterocycles. The highest BCUT2D eigenvalue weighted by molar-refractivity contribution is 6.83. The summed E-state index contributed by atoms with van der Waals surface area (Å²) >= 11 is 0. The van der Waals surface area contributed by atoms with Crippen LogP contribution in [0.15, 0.2) is 12.2 Å². The standard InChI is InChI=1S/C11H20OSi/c1-10(2)11(12)8-6-7-9-13(3,4)5/h11-12H,1,6,8H2,2-5H3/t11-/m0/s1. The van der Waals surface area contributed by atoms with Gasteiger partial charge in [0.1, 0.15) is 8.07 Å². The smallest absolute Gasteiger partial charge is 0.129 e. The van der Waals surface area contributed by atoms with E-state index in [1.807, 2.05) is 6.92 Å². The Hall–Kier alpha value is -0.523. The van der Waals surface area contributed by atoms with Crippen LogP contribution in [0.25, 0.3) is 0 Å². The zero-order valence-electron chi connectivity index (χ0n) is 9.15. The zero-order valence-corrected chi connectivity index (χ0v) is 10.1. The van der Waals surface area contributed by atoms with Crippen LogP contribution in [0.4, 0.5) is 0 Å². The van der Waals surface area contributed by atoms with Crippen molar-refractivity contribution in [2.45, 2.75) is 45.5 Å².